The number of thioether (sulfide) groups is 1. The van der Waals surface area contributed by atoms with Crippen molar-refractivity contribution in [2.24, 2.45) is 0 Å². The molecular formula is C18H23N3OS2. The molecule has 2 aliphatic rings. The SMILES string of the molecule is CN(C)c1ccc(C=C2SC(=S)N(CN3CCCCC3)C2=O)cc1. The molecule has 2 aliphatic heterocycles. The third-order valence-electron chi connectivity index (χ3n) is 4.37. The van der Waals surface area contributed by atoms with Gasteiger partial charge in [-0.25, -0.2) is 0 Å². The standard InChI is InChI=1S/C18H23N3OS2/c1-19(2)15-8-6-14(7-9-15)12-16-17(22)21(18(23)24-16)13-20-10-4-3-5-11-20/h6-9,12H,3-5,10-11,13H2,1-2H3. The Kier molecular flexibility index (Phi) is 5.58. The molecule has 0 atom stereocenters. The van der Waals surface area contributed by atoms with Gasteiger partial charge in [0.15, 0.2) is 0 Å². The van der Waals surface area contributed by atoms with Gasteiger partial charge in [-0.15, -0.1) is 0 Å². The molecule has 3 rings (SSSR count). The van der Waals surface area contributed by atoms with E-state index in [0.717, 1.165) is 29.2 Å². The Morgan fingerprint density at radius 1 is 1.17 bits per heavy atom. The molecule has 0 spiro atoms. The first kappa shape index (κ1) is 17.5. The fourth-order valence-corrected chi connectivity index (χ4v) is 4.18. The molecule has 0 N–H and O–H groups in total. The minimum absolute atomic E-state index is 0.0345. The number of benzene rings is 1. The van der Waals surface area contributed by atoms with Crippen molar-refractivity contribution in [1.82, 2.24) is 9.80 Å². The van der Waals surface area contributed by atoms with Gasteiger partial charge in [0.2, 0.25) is 0 Å². The van der Waals surface area contributed by atoms with Crippen molar-refractivity contribution in [3.05, 3.63) is 34.7 Å². The molecule has 1 amide bonds. The second kappa shape index (κ2) is 7.68. The van der Waals surface area contributed by atoms with Gasteiger partial charge in [0.1, 0.15) is 4.32 Å². The molecule has 2 heterocycles. The first-order chi connectivity index (χ1) is 11.5. The zero-order valence-corrected chi connectivity index (χ0v) is 15.8. The lowest BCUT2D eigenvalue weighted by atomic mass is 10.1. The molecule has 0 saturated carbocycles. The molecule has 2 fully saturated rings. The molecular weight excluding hydrogens is 338 g/mol. The Labute approximate surface area is 153 Å². The van der Waals surface area contributed by atoms with E-state index in [1.807, 2.05) is 32.3 Å². The Morgan fingerprint density at radius 2 is 1.83 bits per heavy atom. The Balaban J connectivity index is 1.70. The smallest absolute Gasteiger partial charge is 0.267 e. The molecule has 1 aromatic carbocycles. The number of piperidine rings is 1. The van der Waals surface area contributed by atoms with Crippen molar-refractivity contribution in [2.75, 3.05) is 38.8 Å². The molecule has 6 heteroatoms. The minimum Gasteiger partial charge on any atom is -0.378 e. The normalized spacial score (nSPS) is 20.9. The van der Waals surface area contributed by atoms with Crippen LogP contribution in [0.4, 0.5) is 5.69 Å². The number of hydrogen-bond donors (Lipinski definition) is 0. The number of thiocarbonyl (C=S) groups is 1. The van der Waals surface area contributed by atoms with Gasteiger partial charge in [0.25, 0.3) is 5.91 Å². The fraction of sp³-hybridized carbons (Fsp3) is 0.444. The highest BCUT2D eigenvalue weighted by atomic mass is 32.2. The zero-order chi connectivity index (χ0) is 17.1. The monoisotopic (exact) mass is 361 g/mol. The minimum atomic E-state index is 0.0345. The van der Waals surface area contributed by atoms with Crippen molar-refractivity contribution in [2.45, 2.75) is 19.3 Å². The Bertz CT molecular complexity index is 649. The van der Waals surface area contributed by atoms with Crippen LogP contribution in [0.25, 0.3) is 6.08 Å². The van der Waals surface area contributed by atoms with Gasteiger partial charge >= 0.3 is 0 Å². The molecule has 1 aromatic rings. The number of likely N-dealkylation sites (tertiary alicyclic amines) is 1. The lowest BCUT2D eigenvalue weighted by molar-refractivity contribution is -0.123. The van der Waals surface area contributed by atoms with Gasteiger partial charge in [0.05, 0.1) is 11.6 Å². The highest BCUT2D eigenvalue weighted by molar-refractivity contribution is 8.26. The lowest BCUT2D eigenvalue weighted by Crippen LogP contribution is -2.42. The summed E-state index contributed by atoms with van der Waals surface area (Å²) in [6, 6.07) is 8.18. The summed E-state index contributed by atoms with van der Waals surface area (Å²) in [6.45, 7) is 2.74. The van der Waals surface area contributed by atoms with Gasteiger partial charge in [0, 0.05) is 19.8 Å². The molecule has 4 nitrogen and oxygen atoms in total. The van der Waals surface area contributed by atoms with Gasteiger partial charge in [-0.3, -0.25) is 14.6 Å². The molecule has 0 aromatic heterocycles. The first-order valence-corrected chi connectivity index (χ1v) is 9.52. The first-order valence-electron chi connectivity index (χ1n) is 8.30. The van der Waals surface area contributed by atoms with Crippen molar-refractivity contribution < 1.29 is 4.79 Å². The van der Waals surface area contributed by atoms with Crippen LogP contribution in [-0.4, -0.2) is 53.9 Å². The van der Waals surface area contributed by atoms with E-state index >= 15 is 0 Å². The van der Waals surface area contributed by atoms with E-state index in [-0.39, 0.29) is 5.91 Å². The number of rotatable bonds is 4. The van der Waals surface area contributed by atoms with E-state index in [2.05, 4.69) is 21.9 Å². The summed E-state index contributed by atoms with van der Waals surface area (Å²) in [6.07, 6.45) is 5.65. The van der Waals surface area contributed by atoms with E-state index in [9.17, 15) is 4.79 Å². The summed E-state index contributed by atoms with van der Waals surface area (Å²) >= 11 is 6.84. The maximum Gasteiger partial charge on any atom is 0.267 e. The summed E-state index contributed by atoms with van der Waals surface area (Å²) in [7, 11) is 4.03. The number of nitrogens with zero attached hydrogens (tertiary/aromatic N) is 3. The lowest BCUT2D eigenvalue weighted by Gasteiger charge is -2.29. The van der Waals surface area contributed by atoms with E-state index < -0.39 is 0 Å². The quantitative estimate of drug-likeness (QED) is 0.605. The van der Waals surface area contributed by atoms with E-state index in [1.165, 1.54) is 31.0 Å². The van der Waals surface area contributed by atoms with Crippen LogP contribution in [0.2, 0.25) is 0 Å². The van der Waals surface area contributed by atoms with Crippen LogP contribution in [0.3, 0.4) is 0 Å². The molecule has 128 valence electrons. The van der Waals surface area contributed by atoms with Gasteiger partial charge in [-0.1, -0.05) is 42.5 Å². The Hall–Kier alpha value is -1.37. The molecule has 24 heavy (non-hydrogen) atoms. The number of hydrogen-bond acceptors (Lipinski definition) is 5. The third-order valence-corrected chi connectivity index (χ3v) is 5.75. The van der Waals surface area contributed by atoms with Crippen LogP contribution < -0.4 is 4.90 Å². The van der Waals surface area contributed by atoms with E-state index in [1.54, 1.807) is 4.90 Å². The Morgan fingerprint density at radius 3 is 2.46 bits per heavy atom. The average Bonchev–Trinajstić information content (AvgIpc) is 2.84. The van der Waals surface area contributed by atoms with Crippen LogP contribution in [-0.2, 0) is 4.79 Å². The van der Waals surface area contributed by atoms with Crippen molar-refractivity contribution in [1.29, 1.82) is 0 Å². The highest BCUT2D eigenvalue weighted by Gasteiger charge is 2.33. The third kappa shape index (κ3) is 3.99. The molecule has 0 unspecified atom stereocenters. The van der Waals surface area contributed by atoms with Gasteiger partial charge in [-0.2, -0.15) is 0 Å². The van der Waals surface area contributed by atoms with Crippen LogP contribution in [0, 0.1) is 0 Å². The predicted octanol–water partition coefficient (Wildman–Crippen LogP) is 3.40. The van der Waals surface area contributed by atoms with Gasteiger partial charge < -0.3 is 4.90 Å². The van der Waals surface area contributed by atoms with E-state index in [0.29, 0.717) is 11.0 Å². The maximum absolute atomic E-state index is 12.7. The molecule has 0 aliphatic carbocycles. The maximum atomic E-state index is 12.7. The second-order valence-electron chi connectivity index (χ2n) is 6.42. The van der Waals surface area contributed by atoms with Crippen molar-refractivity contribution in [3.8, 4) is 0 Å². The fourth-order valence-electron chi connectivity index (χ4n) is 2.94. The number of amides is 1. The summed E-state index contributed by atoms with van der Waals surface area (Å²) in [5.41, 5.74) is 2.17. The van der Waals surface area contributed by atoms with Crippen LogP contribution in [0.5, 0.6) is 0 Å². The largest absolute Gasteiger partial charge is 0.378 e. The molecule has 0 bridgehead atoms. The van der Waals surface area contributed by atoms with Gasteiger partial charge in [-0.05, 0) is 49.7 Å². The second-order valence-corrected chi connectivity index (χ2v) is 8.09. The molecule has 2 saturated heterocycles. The summed E-state index contributed by atoms with van der Waals surface area (Å²) in [4.78, 5) is 19.5. The number of anilines is 1. The van der Waals surface area contributed by atoms with Crippen LogP contribution in [0.15, 0.2) is 29.2 Å². The number of carbonyl (C=O) groups is 1. The summed E-state index contributed by atoms with van der Waals surface area (Å²) < 4.78 is 0.668. The van der Waals surface area contributed by atoms with Crippen LogP contribution in [0.1, 0.15) is 24.8 Å². The highest BCUT2D eigenvalue weighted by Crippen LogP contribution is 2.33. The van der Waals surface area contributed by atoms with Crippen LogP contribution >= 0.6 is 24.0 Å². The average molecular weight is 362 g/mol. The van der Waals surface area contributed by atoms with Crippen molar-refractivity contribution >= 4 is 46.0 Å². The molecule has 0 radical (unpaired) electrons. The van der Waals surface area contributed by atoms with E-state index in [4.69, 9.17) is 12.2 Å². The zero-order valence-electron chi connectivity index (χ0n) is 14.2. The summed E-state index contributed by atoms with van der Waals surface area (Å²) in [5.74, 6) is 0.0345. The van der Waals surface area contributed by atoms with Crippen molar-refractivity contribution in [3.63, 3.8) is 0 Å². The topological polar surface area (TPSA) is 26.8 Å². The summed E-state index contributed by atoms with van der Waals surface area (Å²) in [5, 5.41) is 0. The predicted molar refractivity (Wildman–Crippen MR) is 106 cm³/mol. The number of carbonyl (C=O) groups excluding carboxylic acids is 1.